The lowest BCUT2D eigenvalue weighted by Crippen LogP contribution is -1.95. The maximum Gasteiger partial charge on any atom is 0.221 e. The van der Waals surface area contributed by atoms with Gasteiger partial charge in [0.1, 0.15) is 5.52 Å². The molecule has 0 aliphatic rings. The summed E-state index contributed by atoms with van der Waals surface area (Å²) in [6.45, 7) is 1.84. The smallest absolute Gasteiger partial charge is 0.221 e. The van der Waals surface area contributed by atoms with Crippen molar-refractivity contribution in [3.8, 4) is 0 Å². The molecule has 0 fully saturated rings. The number of rotatable bonds is 0. The van der Waals surface area contributed by atoms with Crippen LogP contribution in [0.15, 0.2) is 16.7 Å². The molecule has 0 aliphatic heterocycles. The minimum absolute atomic E-state index is 0.288. The van der Waals surface area contributed by atoms with Gasteiger partial charge < -0.3 is 10.2 Å². The molecule has 0 aromatic carbocycles. The van der Waals surface area contributed by atoms with E-state index in [2.05, 4.69) is 9.97 Å². The molecule has 0 spiro atoms. The van der Waals surface area contributed by atoms with Gasteiger partial charge in [0.25, 0.3) is 0 Å². The maximum absolute atomic E-state index is 5.42. The van der Waals surface area contributed by atoms with Gasteiger partial charge in [-0.2, -0.15) is 0 Å². The molecule has 56 valence electrons. The summed E-state index contributed by atoms with van der Waals surface area (Å²) in [5, 5.41) is 0. The summed E-state index contributed by atoms with van der Waals surface area (Å²) >= 11 is 0. The van der Waals surface area contributed by atoms with Gasteiger partial charge >= 0.3 is 0 Å². The Balaban J connectivity index is 2.91. The second kappa shape index (κ2) is 1.95. The van der Waals surface area contributed by atoms with Crippen LogP contribution >= 0.6 is 0 Å². The quantitative estimate of drug-likeness (QED) is 0.609. The van der Waals surface area contributed by atoms with E-state index in [9.17, 15) is 0 Å². The molecule has 0 atom stereocenters. The Morgan fingerprint density at radius 3 is 3.09 bits per heavy atom. The fourth-order valence-electron chi connectivity index (χ4n) is 1.03. The molecular weight excluding hydrogens is 142 g/mol. The van der Waals surface area contributed by atoms with E-state index in [1.165, 1.54) is 0 Å². The standard InChI is InChI=1S/C7H7N3O/c1-4-6-5(2-3-11-6)10-7(8)9-4/h2-3H,1H3,(H2,8,9,10). The molecule has 2 aromatic heterocycles. The van der Waals surface area contributed by atoms with Crippen LogP contribution < -0.4 is 5.73 Å². The van der Waals surface area contributed by atoms with Crippen LogP contribution in [-0.4, -0.2) is 9.97 Å². The Hall–Kier alpha value is -1.58. The lowest BCUT2D eigenvalue weighted by Gasteiger charge is -1.94. The first-order valence-electron chi connectivity index (χ1n) is 3.24. The number of aryl methyl sites for hydroxylation is 1. The van der Waals surface area contributed by atoms with Crippen molar-refractivity contribution >= 4 is 17.0 Å². The number of hydrogen-bond donors (Lipinski definition) is 1. The molecule has 0 amide bonds. The van der Waals surface area contributed by atoms with E-state index in [1.54, 1.807) is 12.3 Å². The van der Waals surface area contributed by atoms with Crippen LogP contribution in [0.3, 0.4) is 0 Å². The Morgan fingerprint density at radius 2 is 2.27 bits per heavy atom. The Labute approximate surface area is 63.1 Å². The maximum atomic E-state index is 5.42. The van der Waals surface area contributed by atoms with Gasteiger partial charge in [-0.3, -0.25) is 0 Å². The largest absolute Gasteiger partial charge is 0.461 e. The summed E-state index contributed by atoms with van der Waals surface area (Å²) in [5.74, 6) is 0.288. The number of nitrogens with zero attached hydrogens (tertiary/aromatic N) is 2. The Bertz CT molecular complexity index is 393. The van der Waals surface area contributed by atoms with Crippen LogP contribution in [0, 0.1) is 6.92 Å². The number of aromatic nitrogens is 2. The van der Waals surface area contributed by atoms with Crippen LogP contribution in [-0.2, 0) is 0 Å². The van der Waals surface area contributed by atoms with Crippen LogP contribution in [0.5, 0.6) is 0 Å². The first-order valence-corrected chi connectivity index (χ1v) is 3.24. The molecule has 2 aromatic rings. The van der Waals surface area contributed by atoms with Gasteiger partial charge in [-0.05, 0) is 6.92 Å². The fraction of sp³-hybridized carbons (Fsp3) is 0.143. The summed E-state index contributed by atoms with van der Waals surface area (Å²) in [5.41, 5.74) is 7.66. The van der Waals surface area contributed by atoms with Crippen molar-refractivity contribution in [2.75, 3.05) is 5.73 Å². The van der Waals surface area contributed by atoms with Crippen molar-refractivity contribution in [3.63, 3.8) is 0 Å². The van der Waals surface area contributed by atoms with Crippen LogP contribution in [0.1, 0.15) is 5.69 Å². The summed E-state index contributed by atoms with van der Waals surface area (Å²) in [6.07, 6.45) is 1.58. The first-order chi connectivity index (χ1) is 5.27. The summed E-state index contributed by atoms with van der Waals surface area (Å²) < 4.78 is 5.12. The number of fused-ring (bicyclic) bond motifs is 1. The van der Waals surface area contributed by atoms with Gasteiger partial charge in [-0.1, -0.05) is 0 Å². The predicted octanol–water partition coefficient (Wildman–Crippen LogP) is 1.11. The number of anilines is 1. The van der Waals surface area contributed by atoms with Crippen LogP contribution in [0.4, 0.5) is 5.95 Å². The van der Waals surface area contributed by atoms with E-state index in [-0.39, 0.29) is 5.95 Å². The fourth-order valence-corrected chi connectivity index (χ4v) is 1.03. The van der Waals surface area contributed by atoms with Crippen molar-refractivity contribution < 1.29 is 4.42 Å². The van der Waals surface area contributed by atoms with E-state index >= 15 is 0 Å². The lowest BCUT2D eigenvalue weighted by atomic mass is 10.4. The molecule has 2 rings (SSSR count). The zero-order valence-electron chi connectivity index (χ0n) is 6.03. The zero-order valence-corrected chi connectivity index (χ0v) is 6.03. The molecule has 0 saturated carbocycles. The summed E-state index contributed by atoms with van der Waals surface area (Å²) in [7, 11) is 0. The molecule has 4 nitrogen and oxygen atoms in total. The van der Waals surface area contributed by atoms with Crippen LogP contribution in [0.2, 0.25) is 0 Å². The Morgan fingerprint density at radius 1 is 1.45 bits per heavy atom. The second-order valence-electron chi connectivity index (χ2n) is 2.30. The third kappa shape index (κ3) is 0.832. The zero-order chi connectivity index (χ0) is 7.84. The molecule has 0 bridgehead atoms. The number of nitrogens with two attached hydrogens (primary N) is 1. The lowest BCUT2D eigenvalue weighted by molar-refractivity contribution is 0.610. The molecule has 2 heterocycles. The van der Waals surface area contributed by atoms with Gasteiger partial charge in [-0.25, -0.2) is 9.97 Å². The van der Waals surface area contributed by atoms with Crippen molar-refractivity contribution in [3.05, 3.63) is 18.0 Å². The normalized spacial score (nSPS) is 10.6. The average molecular weight is 149 g/mol. The van der Waals surface area contributed by atoms with E-state index < -0.39 is 0 Å². The molecule has 11 heavy (non-hydrogen) atoms. The monoisotopic (exact) mass is 149 g/mol. The van der Waals surface area contributed by atoms with Gasteiger partial charge in [0.15, 0.2) is 5.58 Å². The minimum Gasteiger partial charge on any atom is -0.461 e. The van der Waals surface area contributed by atoms with Crippen molar-refractivity contribution in [1.29, 1.82) is 0 Å². The van der Waals surface area contributed by atoms with E-state index in [0.717, 1.165) is 11.2 Å². The van der Waals surface area contributed by atoms with Gasteiger partial charge in [0, 0.05) is 6.07 Å². The Kier molecular flexibility index (Phi) is 1.09. The number of hydrogen-bond acceptors (Lipinski definition) is 4. The molecule has 4 heteroatoms. The first kappa shape index (κ1) is 6.15. The number of nitrogen functional groups attached to an aromatic ring is 1. The van der Waals surface area contributed by atoms with Gasteiger partial charge in [-0.15, -0.1) is 0 Å². The van der Waals surface area contributed by atoms with E-state index in [4.69, 9.17) is 10.2 Å². The SMILES string of the molecule is Cc1nc(N)nc2ccoc12. The summed E-state index contributed by atoms with van der Waals surface area (Å²) in [4.78, 5) is 7.92. The highest BCUT2D eigenvalue weighted by molar-refractivity contribution is 5.75. The molecular formula is C7H7N3O. The average Bonchev–Trinajstić information content (AvgIpc) is 2.34. The molecule has 0 saturated heterocycles. The van der Waals surface area contributed by atoms with Crippen LogP contribution in [0.25, 0.3) is 11.1 Å². The molecule has 0 unspecified atom stereocenters. The van der Waals surface area contributed by atoms with Crippen molar-refractivity contribution in [2.45, 2.75) is 6.92 Å². The van der Waals surface area contributed by atoms with E-state index in [0.29, 0.717) is 5.58 Å². The summed E-state index contributed by atoms with van der Waals surface area (Å²) in [6, 6.07) is 1.76. The molecule has 0 radical (unpaired) electrons. The van der Waals surface area contributed by atoms with E-state index in [1.807, 2.05) is 6.92 Å². The second-order valence-corrected chi connectivity index (χ2v) is 2.30. The molecule has 2 N–H and O–H groups in total. The highest BCUT2D eigenvalue weighted by Crippen LogP contribution is 2.15. The third-order valence-electron chi connectivity index (χ3n) is 1.49. The molecule has 0 aliphatic carbocycles. The number of furan rings is 1. The third-order valence-corrected chi connectivity index (χ3v) is 1.49. The predicted molar refractivity (Wildman–Crippen MR) is 41.0 cm³/mol. The highest BCUT2D eigenvalue weighted by Gasteiger charge is 2.03. The highest BCUT2D eigenvalue weighted by atomic mass is 16.3. The van der Waals surface area contributed by atoms with Gasteiger partial charge in [0.05, 0.1) is 12.0 Å². The minimum atomic E-state index is 0.288. The van der Waals surface area contributed by atoms with Gasteiger partial charge in [0.2, 0.25) is 5.95 Å². The van der Waals surface area contributed by atoms with Crippen molar-refractivity contribution in [1.82, 2.24) is 9.97 Å². The van der Waals surface area contributed by atoms with Crippen molar-refractivity contribution in [2.24, 2.45) is 0 Å². The topological polar surface area (TPSA) is 64.9 Å².